The largest absolute Gasteiger partial charge is 0.465 e. The van der Waals surface area contributed by atoms with E-state index in [0.717, 1.165) is 22.3 Å². The van der Waals surface area contributed by atoms with Crippen LogP contribution in [0.3, 0.4) is 0 Å². The Labute approximate surface area is 253 Å². The van der Waals surface area contributed by atoms with Crippen molar-refractivity contribution in [2.24, 2.45) is 7.05 Å². The maximum absolute atomic E-state index is 14.3. The number of hydrogen-bond acceptors (Lipinski definition) is 5. The number of hydrogen-bond donors (Lipinski definition) is 2. The van der Waals surface area contributed by atoms with Gasteiger partial charge in [-0.25, -0.2) is 4.79 Å². The van der Waals surface area contributed by atoms with E-state index in [2.05, 4.69) is 10.2 Å². The highest BCUT2D eigenvalue weighted by atomic mass is 19.4. The lowest BCUT2D eigenvalue weighted by atomic mass is 9.55. The minimum atomic E-state index is -4.92. The van der Waals surface area contributed by atoms with Crippen molar-refractivity contribution in [1.82, 2.24) is 19.7 Å². The standard InChI is InChI=1S/C30H29F6N5O4/c1-26(7-4-8-26)41(25(43)44)12-17-9-20-21(22(10-17)29(31,32)33)13-40(23(20)42)19-6-3-5-18(11-19)27(24-38-37-16-39(24)2)14-28(45,15-27)30(34,35)36/h3,5-6,9-11,16,45H,4,7-8,12-15H2,1-2H3,(H,43,44). The first-order valence-electron chi connectivity index (χ1n) is 14.2. The molecule has 0 saturated heterocycles. The predicted octanol–water partition coefficient (Wildman–Crippen LogP) is 5.79. The second kappa shape index (κ2) is 9.93. The smallest absolute Gasteiger partial charge is 0.417 e. The molecular weight excluding hydrogens is 608 g/mol. The van der Waals surface area contributed by atoms with Gasteiger partial charge < -0.3 is 19.7 Å². The van der Waals surface area contributed by atoms with E-state index in [1.165, 1.54) is 41.2 Å². The molecule has 9 nitrogen and oxygen atoms in total. The topological polar surface area (TPSA) is 112 Å². The lowest BCUT2D eigenvalue weighted by molar-refractivity contribution is -0.301. The Morgan fingerprint density at radius 2 is 1.78 bits per heavy atom. The molecule has 2 amide bonds. The summed E-state index contributed by atoms with van der Waals surface area (Å²) in [5.41, 5.74) is -6.30. The molecule has 0 spiro atoms. The van der Waals surface area contributed by atoms with Crippen LogP contribution >= 0.6 is 0 Å². The molecule has 45 heavy (non-hydrogen) atoms. The molecule has 2 heterocycles. The summed E-state index contributed by atoms with van der Waals surface area (Å²) in [5, 5.41) is 28.0. The molecule has 0 atom stereocenters. The Kier molecular flexibility index (Phi) is 6.81. The number of carbonyl (C=O) groups excluding carboxylic acids is 1. The van der Waals surface area contributed by atoms with E-state index in [0.29, 0.717) is 12.8 Å². The van der Waals surface area contributed by atoms with Crippen LogP contribution < -0.4 is 4.90 Å². The Bertz CT molecular complexity index is 1690. The molecule has 1 aromatic heterocycles. The molecule has 2 fully saturated rings. The van der Waals surface area contributed by atoms with E-state index in [9.17, 15) is 46.1 Å². The van der Waals surface area contributed by atoms with E-state index in [1.54, 1.807) is 14.0 Å². The van der Waals surface area contributed by atoms with Crippen molar-refractivity contribution in [3.63, 3.8) is 0 Å². The fraction of sp³-hybridized carbons (Fsp3) is 0.467. The first-order chi connectivity index (χ1) is 20.9. The van der Waals surface area contributed by atoms with Gasteiger partial charge in [0.1, 0.15) is 12.2 Å². The van der Waals surface area contributed by atoms with Gasteiger partial charge in [-0.3, -0.25) is 9.69 Å². The fourth-order valence-corrected chi connectivity index (χ4v) is 6.98. The van der Waals surface area contributed by atoms with Crippen LogP contribution in [0.1, 0.15) is 77.5 Å². The maximum Gasteiger partial charge on any atom is 0.417 e. The van der Waals surface area contributed by atoms with Crippen molar-refractivity contribution >= 4 is 17.7 Å². The molecule has 0 unspecified atom stereocenters. The van der Waals surface area contributed by atoms with Crippen LogP contribution in [-0.2, 0) is 31.7 Å². The van der Waals surface area contributed by atoms with E-state index >= 15 is 0 Å². The lowest BCUT2D eigenvalue weighted by Crippen LogP contribution is -2.63. The number of fused-ring (bicyclic) bond motifs is 1. The molecule has 15 heteroatoms. The Hall–Kier alpha value is -4.14. The van der Waals surface area contributed by atoms with E-state index < -0.39 is 65.9 Å². The number of nitrogens with zero attached hydrogens (tertiary/aromatic N) is 5. The highest BCUT2D eigenvalue weighted by Gasteiger charge is 2.69. The average Bonchev–Trinajstić information content (AvgIpc) is 3.49. The van der Waals surface area contributed by atoms with Gasteiger partial charge in [-0.15, -0.1) is 10.2 Å². The van der Waals surface area contributed by atoms with Crippen LogP contribution in [0.4, 0.5) is 36.8 Å². The van der Waals surface area contributed by atoms with Gasteiger partial charge in [0.2, 0.25) is 0 Å². The molecule has 0 radical (unpaired) electrons. The first kappa shape index (κ1) is 30.9. The Morgan fingerprint density at radius 1 is 1.09 bits per heavy atom. The molecular formula is C30H29F6N5O4. The molecule has 240 valence electrons. The molecule has 2 N–H and O–H groups in total. The van der Waals surface area contributed by atoms with Crippen LogP contribution in [0, 0.1) is 0 Å². The second-order valence-corrected chi connectivity index (χ2v) is 12.6. The molecule has 2 aromatic carbocycles. The molecule has 2 aliphatic carbocycles. The van der Waals surface area contributed by atoms with Crippen LogP contribution in [0.2, 0.25) is 0 Å². The van der Waals surface area contributed by atoms with Gasteiger partial charge in [0, 0.05) is 43.2 Å². The number of aliphatic hydroxyl groups is 1. The minimum absolute atomic E-state index is 0.0164. The summed E-state index contributed by atoms with van der Waals surface area (Å²) in [6, 6.07) is 8.04. The van der Waals surface area contributed by atoms with E-state index in [4.69, 9.17) is 0 Å². The van der Waals surface area contributed by atoms with Gasteiger partial charge in [0.15, 0.2) is 5.60 Å². The zero-order chi connectivity index (χ0) is 32.7. The zero-order valence-corrected chi connectivity index (χ0v) is 24.2. The van der Waals surface area contributed by atoms with Gasteiger partial charge >= 0.3 is 18.4 Å². The number of carboxylic acid groups (broad SMARTS) is 1. The summed E-state index contributed by atoms with van der Waals surface area (Å²) in [6.45, 7) is 0.928. The Balaban J connectivity index is 1.37. The van der Waals surface area contributed by atoms with Crippen molar-refractivity contribution in [2.75, 3.05) is 4.90 Å². The molecule has 3 aromatic rings. The van der Waals surface area contributed by atoms with Crippen LogP contribution in [-0.4, -0.2) is 59.2 Å². The SMILES string of the molecule is Cn1cnnc1C1(c2cccc(N3Cc4c(cc(CN(C(=O)O)C5(C)CCC5)cc4C(F)(F)F)C3=O)c2)CC(O)(C(F)(F)F)C1. The highest BCUT2D eigenvalue weighted by Crippen LogP contribution is 2.59. The summed E-state index contributed by atoms with van der Waals surface area (Å²) in [4.78, 5) is 27.9. The fourth-order valence-electron chi connectivity index (χ4n) is 6.98. The highest BCUT2D eigenvalue weighted by molar-refractivity contribution is 6.10. The van der Waals surface area contributed by atoms with Crippen LogP contribution in [0.5, 0.6) is 0 Å². The zero-order valence-electron chi connectivity index (χ0n) is 24.2. The molecule has 1 aliphatic heterocycles. The third-order valence-corrected chi connectivity index (χ3v) is 9.63. The number of aromatic nitrogens is 3. The van der Waals surface area contributed by atoms with Crippen molar-refractivity contribution in [3.05, 3.63) is 76.4 Å². The van der Waals surface area contributed by atoms with E-state index in [-0.39, 0.29) is 40.3 Å². The number of halogens is 6. The predicted molar refractivity (Wildman–Crippen MR) is 146 cm³/mol. The van der Waals surface area contributed by atoms with E-state index in [1.807, 2.05) is 0 Å². The van der Waals surface area contributed by atoms with Gasteiger partial charge in [0.05, 0.1) is 17.5 Å². The monoisotopic (exact) mass is 637 g/mol. The molecule has 3 aliphatic rings. The number of rotatable bonds is 6. The molecule has 6 rings (SSSR count). The summed E-state index contributed by atoms with van der Waals surface area (Å²) < 4.78 is 85.6. The number of amides is 2. The third kappa shape index (κ3) is 4.82. The number of anilines is 1. The number of alkyl halides is 6. The van der Waals surface area contributed by atoms with Gasteiger partial charge in [-0.1, -0.05) is 12.1 Å². The van der Waals surface area contributed by atoms with Gasteiger partial charge in [0.25, 0.3) is 5.91 Å². The van der Waals surface area contributed by atoms with Gasteiger partial charge in [-0.05, 0) is 67.1 Å². The first-order valence-corrected chi connectivity index (χ1v) is 14.2. The molecule has 2 saturated carbocycles. The quantitative estimate of drug-likeness (QED) is 0.331. The Morgan fingerprint density at radius 3 is 2.31 bits per heavy atom. The summed E-state index contributed by atoms with van der Waals surface area (Å²) >= 11 is 0. The summed E-state index contributed by atoms with van der Waals surface area (Å²) in [5.74, 6) is -0.615. The third-order valence-electron chi connectivity index (χ3n) is 9.63. The minimum Gasteiger partial charge on any atom is -0.465 e. The average molecular weight is 638 g/mol. The van der Waals surface area contributed by atoms with Crippen molar-refractivity contribution in [2.45, 2.75) is 81.0 Å². The number of benzene rings is 2. The normalized spacial score (nSPS) is 24.2. The summed E-state index contributed by atoms with van der Waals surface area (Å²) in [7, 11) is 1.54. The summed E-state index contributed by atoms with van der Waals surface area (Å²) in [6.07, 6.45) is -9.36. The van der Waals surface area contributed by atoms with Crippen molar-refractivity contribution < 1.29 is 46.1 Å². The maximum atomic E-state index is 14.3. The molecule has 0 bridgehead atoms. The van der Waals surface area contributed by atoms with Crippen LogP contribution in [0.25, 0.3) is 0 Å². The van der Waals surface area contributed by atoms with Crippen molar-refractivity contribution in [3.8, 4) is 0 Å². The van der Waals surface area contributed by atoms with Crippen molar-refractivity contribution in [1.29, 1.82) is 0 Å². The lowest BCUT2D eigenvalue weighted by Gasteiger charge is -2.53. The van der Waals surface area contributed by atoms with Gasteiger partial charge in [-0.2, -0.15) is 26.3 Å². The number of aryl methyl sites for hydroxylation is 1. The number of carbonyl (C=O) groups is 2. The van der Waals surface area contributed by atoms with Crippen LogP contribution in [0.15, 0.2) is 42.7 Å². The second-order valence-electron chi connectivity index (χ2n) is 12.6.